The van der Waals surface area contributed by atoms with Gasteiger partial charge in [-0.05, 0) is 18.9 Å². The molecule has 0 aliphatic heterocycles. The van der Waals surface area contributed by atoms with E-state index in [2.05, 4.69) is 32.6 Å². The maximum atomic E-state index is 10.8. The molecular weight excluding hydrogens is 202 g/mol. The van der Waals surface area contributed by atoms with Crippen molar-refractivity contribution in [2.75, 3.05) is 13.1 Å². The van der Waals surface area contributed by atoms with Crippen LogP contribution >= 0.6 is 0 Å². The third-order valence-corrected chi connectivity index (χ3v) is 3.45. The monoisotopic (exact) mass is 229 g/mol. The van der Waals surface area contributed by atoms with Gasteiger partial charge in [0.25, 0.3) is 0 Å². The van der Waals surface area contributed by atoms with Crippen LogP contribution in [0.3, 0.4) is 0 Å². The molecule has 0 aromatic carbocycles. The van der Waals surface area contributed by atoms with Crippen molar-refractivity contribution >= 4 is 5.97 Å². The Morgan fingerprint density at radius 2 is 1.69 bits per heavy atom. The highest BCUT2D eigenvalue weighted by Crippen LogP contribution is 2.15. The summed E-state index contributed by atoms with van der Waals surface area (Å²) in [7, 11) is 0. The number of carbonyl (C=O) groups is 1. The van der Waals surface area contributed by atoms with Crippen molar-refractivity contribution in [3.05, 3.63) is 0 Å². The zero-order chi connectivity index (χ0) is 12.6. The Balaban J connectivity index is 4.36. The first kappa shape index (κ1) is 15.4. The summed E-state index contributed by atoms with van der Waals surface area (Å²) in [6.45, 7) is 10.6. The lowest BCUT2D eigenvalue weighted by atomic mass is 10.0. The van der Waals surface area contributed by atoms with Gasteiger partial charge in [0.1, 0.15) is 0 Å². The second kappa shape index (κ2) is 8.57. The van der Waals surface area contributed by atoms with E-state index in [1.165, 1.54) is 12.8 Å². The Labute approximate surface area is 99.8 Å². The topological polar surface area (TPSA) is 40.5 Å². The van der Waals surface area contributed by atoms with Crippen LogP contribution in [0.1, 0.15) is 53.4 Å². The SMILES string of the molecule is CCC(CC)CN(CC)C(CC)CC(=O)O. The molecule has 1 N–H and O–H groups in total. The van der Waals surface area contributed by atoms with E-state index >= 15 is 0 Å². The Morgan fingerprint density at radius 3 is 2.00 bits per heavy atom. The fourth-order valence-corrected chi connectivity index (χ4v) is 2.15. The number of carboxylic acids is 1. The van der Waals surface area contributed by atoms with Crippen molar-refractivity contribution in [1.82, 2.24) is 4.90 Å². The highest BCUT2D eigenvalue weighted by Gasteiger charge is 2.20. The molecule has 0 heterocycles. The van der Waals surface area contributed by atoms with Gasteiger partial charge in [-0.15, -0.1) is 0 Å². The number of rotatable bonds is 9. The maximum absolute atomic E-state index is 10.8. The number of aliphatic carboxylic acids is 1. The van der Waals surface area contributed by atoms with Crippen LogP contribution in [0.5, 0.6) is 0 Å². The van der Waals surface area contributed by atoms with Crippen LogP contribution in [-0.2, 0) is 4.79 Å². The Kier molecular flexibility index (Phi) is 8.26. The van der Waals surface area contributed by atoms with E-state index in [1.807, 2.05) is 0 Å². The quantitative estimate of drug-likeness (QED) is 0.660. The average molecular weight is 229 g/mol. The lowest BCUT2D eigenvalue weighted by molar-refractivity contribution is -0.138. The zero-order valence-corrected chi connectivity index (χ0v) is 11.2. The van der Waals surface area contributed by atoms with E-state index in [-0.39, 0.29) is 12.5 Å². The van der Waals surface area contributed by atoms with Gasteiger partial charge < -0.3 is 5.11 Å². The van der Waals surface area contributed by atoms with Crippen LogP contribution in [0.15, 0.2) is 0 Å². The summed E-state index contributed by atoms with van der Waals surface area (Å²) in [5.41, 5.74) is 0. The minimum atomic E-state index is -0.685. The van der Waals surface area contributed by atoms with Crippen LogP contribution in [0.4, 0.5) is 0 Å². The van der Waals surface area contributed by atoms with E-state index in [0.717, 1.165) is 19.5 Å². The third kappa shape index (κ3) is 5.50. The summed E-state index contributed by atoms with van der Waals surface area (Å²) in [6.07, 6.45) is 3.54. The van der Waals surface area contributed by atoms with Crippen molar-refractivity contribution in [2.24, 2.45) is 5.92 Å². The molecule has 0 spiro atoms. The summed E-state index contributed by atoms with van der Waals surface area (Å²) in [4.78, 5) is 13.1. The summed E-state index contributed by atoms with van der Waals surface area (Å²) < 4.78 is 0. The molecule has 0 aromatic heterocycles. The number of hydrogen-bond acceptors (Lipinski definition) is 2. The molecule has 1 atom stereocenters. The van der Waals surface area contributed by atoms with Crippen LogP contribution in [0.2, 0.25) is 0 Å². The molecule has 3 nitrogen and oxygen atoms in total. The standard InChI is InChI=1S/C13H27NO2/c1-5-11(6-2)10-14(8-4)12(7-3)9-13(15)16/h11-12H,5-10H2,1-4H3,(H,15,16). The zero-order valence-electron chi connectivity index (χ0n) is 11.2. The second-order valence-electron chi connectivity index (χ2n) is 4.43. The molecule has 0 aliphatic rings. The molecule has 96 valence electrons. The molecule has 16 heavy (non-hydrogen) atoms. The molecule has 0 rings (SSSR count). The molecule has 0 bridgehead atoms. The van der Waals surface area contributed by atoms with Crippen molar-refractivity contribution in [2.45, 2.75) is 59.4 Å². The molecule has 0 fully saturated rings. The minimum Gasteiger partial charge on any atom is -0.481 e. The van der Waals surface area contributed by atoms with Gasteiger partial charge in [-0.2, -0.15) is 0 Å². The number of carboxylic acid groups (broad SMARTS) is 1. The largest absolute Gasteiger partial charge is 0.481 e. The highest BCUT2D eigenvalue weighted by molar-refractivity contribution is 5.67. The van der Waals surface area contributed by atoms with E-state index in [1.54, 1.807) is 0 Å². The van der Waals surface area contributed by atoms with Gasteiger partial charge in [-0.3, -0.25) is 9.69 Å². The first-order valence-corrected chi connectivity index (χ1v) is 6.54. The lowest BCUT2D eigenvalue weighted by Gasteiger charge is -2.31. The minimum absolute atomic E-state index is 0.197. The van der Waals surface area contributed by atoms with Crippen LogP contribution < -0.4 is 0 Å². The lowest BCUT2D eigenvalue weighted by Crippen LogP contribution is -2.39. The van der Waals surface area contributed by atoms with Gasteiger partial charge in [0, 0.05) is 12.6 Å². The Hall–Kier alpha value is -0.570. The van der Waals surface area contributed by atoms with E-state index in [9.17, 15) is 4.79 Å². The van der Waals surface area contributed by atoms with Gasteiger partial charge in [-0.25, -0.2) is 0 Å². The van der Waals surface area contributed by atoms with Gasteiger partial charge in [0.05, 0.1) is 6.42 Å². The van der Waals surface area contributed by atoms with Crippen molar-refractivity contribution in [3.8, 4) is 0 Å². The molecule has 3 heteroatoms. The fourth-order valence-electron chi connectivity index (χ4n) is 2.15. The van der Waals surface area contributed by atoms with Gasteiger partial charge >= 0.3 is 5.97 Å². The molecule has 0 aliphatic carbocycles. The molecule has 0 saturated carbocycles. The van der Waals surface area contributed by atoms with Gasteiger partial charge in [-0.1, -0.05) is 40.5 Å². The Morgan fingerprint density at radius 1 is 1.12 bits per heavy atom. The maximum Gasteiger partial charge on any atom is 0.304 e. The first-order chi connectivity index (χ1) is 7.58. The van der Waals surface area contributed by atoms with Crippen LogP contribution in [0.25, 0.3) is 0 Å². The van der Waals surface area contributed by atoms with Crippen molar-refractivity contribution < 1.29 is 9.90 Å². The Bertz CT molecular complexity index is 190. The van der Waals surface area contributed by atoms with Crippen molar-refractivity contribution in [1.29, 1.82) is 0 Å². The summed E-state index contributed by atoms with van der Waals surface area (Å²) in [5.74, 6) is 0.0117. The van der Waals surface area contributed by atoms with Crippen LogP contribution in [-0.4, -0.2) is 35.1 Å². The normalized spacial score (nSPS) is 13.4. The van der Waals surface area contributed by atoms with Crippen LogP contribution in [0, 0.1) is 5.92 Å². The molecule has 0 aromatic rings. The number of hydrogen-bond donors (Lipinski definition) is 1. The predicted molar refractivity (Wildman–Crippen MR) is 67.7 cm³/mol. The smallest absolute Gasteiger partial charge is 0.304 e. The summed E-state index contributed by atoms with van der Waals surface area (Å²) in [6, 6.07) is 0.197. The van der Waals surface area contributed by atoms with Gasteiger partial charge in [0.15, 0.2) is 0 Å². The summed E-state index contributed by atoms with van der Waals surface area (Å²) in [5, 5.41) is 8.88. The number of nitrogens with zero attached hydrogens (tertiary/aromatic N) is 1. The third-order valence-electron chi connectivity index (χ3n) is 3.45. The van der Waals surface area contributed by atoms with Gasteiger partial charge in [0.2, 0.25) is 0 Å². The van der Waals surface area contributed by atoms with E-state index in [4.69, 9.17) is 5.11 Å². The molecule has 0 amide bonds. The molecular formula is C13H27NO2. The summed E-state index contributed by atoms with van der Waals surface area (Å²) >= 11 is 0. The van der Waals surface area contributed by atoms with E-state index < -0.39 is 5.97 Å². The second-order valence-corrected chi connectivity index (χ2v) is 4.43. The van der Waals surface area contributed by atoms with Crippen molar-refractivity contribution in [3.63, 3.8) is 0 Å². The van der Waals surface area contributed by atoms with E-state index in [0.29, 0.717) is 5.92 Å². The molecule has 0 radical (unpaired) electrons. The predicted octanol–water partition coefficient (Wildman–Crippen LogP) is 3.00. The molecule has 1 unspecified atom stereocenters. The highest BCUT2D eigenvalue weighted by atomic mass is 16.4. The molecule has 0 saturated heterocycles. The average Bonchev–Trinajstić information content (AvgIpc) is 2.28. The fraction of sp³-hybridized carbons (Fsp3) is 0.923. The first-order valence-electron chi connectivity index (χ1n) is 6.54.